The molecule has 4 aliphatic carbocycles. The highest BCUT2D eigenvalue weighted by Gasteiger charge is 2.60. The third kappa shape index (κ3) is 2.46. The van der Waals surface area contributed by atoms with E-state index < -0.39 is 0 Å². The predicted octanol–water partition coefficient (Wildman–Crippen LogP) is 4.64. The number of esters is 1. The zero-order valence-electron chi connectivity index (χ0n) is 16.0. The molecule has 6 atom stereocenters. The molecule has 4 rings (SSSR count). The minimum absolute atomic E-state index is 0.0245. The van der Waals surface area contributed by atoms with Gasteiger partial charge >= 0.3 is 5.97 Å². The lowest BCUT2D eigenvalue weighted by Crippen LogP contribution is -2.52. The zero-order chi connectivity index (χ0) is 18.5. The summed E-state index contributed by atoms with van der Waals surface area (Å²) in [5, 5.41) is 0. The van der Waals surface area contributed by atoms with E-state index >= 15 is 0 Å². The average molecular weight is 354 g/mol. The fourth-order valence-electron chi connectivity index (χ4n) is 6.92. The van der Waals surface area contributed by atoms with E-state index in [1.165, 1.54) is 18.9 Å². The number of allylic oxidation sites excluding steroid dienone is 5. The summed E-state index contributed by atoms with van der Waals surface area (Å²) in [7, 11) is 0. The van der Waals surface area contributed by atoms with Crippen LogP contribution >= 0.6 is 0 Å². The van der Waals surface area contributed by atoms with Crippen LogP contribution in [-0.4, -0.2) is 18.4 Å². The normalized spacial score (nSPS) is 43.8. The van der Waals surface area contributed by atoms with Crippen molar-refractivity contribution in [1.29, 1.82) is 0 Å². The first-order chi connectivity index (χ1) is 12.4. The second-order valence-corrected chi connectivity index (χ2v) is 9.08. The minimum Gasteiger partial charge on any atom is -0.465 e. The van der Waals surface area contributed by atoms with Crippen molar-refractivity contribution in [2.75, 3.05) is 6.61 Å². The van der Waals surface area contributed by atoms with Gasteiger partial charge in [-0.05, 0) is 74.3 Å². The second-order valence-electron chi connectivity index (χ2n) is 9.08. The zero-order valence-corrected chi connectivity index (χ0v) is 16.0. The van der Waals surface area contributed by atoms with E-state index in [-0.39, 0.29) is 22.6 Å². The molecule has 3 nitrogen and oxygen atoms in total. The Balaban J connectivity index is 1.67. The highest BCUT2D eigenvalue weighted by Crippen LogP contribution is 2.66. The molecule has 0 aromatic carbocycles. The molecule has 0 saturated heterocycles. The number of rotatable bonds is 3. The van der Waals surface area contributed by atoms with Gasteiger partial charge in [0.05, 0.1) is 6.61 Å². The summed E-state index contributed by atoms with van der Waals surface area (Å²) in [4.78, 5) is 23.4. The van der Waals surface area contributed by atoms with E-state index in [2.05, 4.69) is 25.7 Å². The Hall–Kier alpha value is -1.64. The van der Waals surface area contributed by atoms with Crippen molar-refractivity contribution >= 4 is 11.8 Å². The lowest BCUT2D eigenvalue weighted by molar-refractivity contribution is -0.151. The Morgan fingerprint density at radius 1 is 1.31 bits per heavy atom. The molecule has 26 heavy (non-hydrogen) atoms. The molecule has 0 spiro atoms. The summed E-state index contributed by atoms with van der Waals surface area (Å²) < 4.78 is 5.59. The van der Waals surface area contributed by atoms with Crippen LogP contribution in [0.4, 0.5) is 0 Å². The van der Waals surface area contributed by atoms with Crippen molar-refractivity contribution in [1.82, 2.24) is 0 Å². The van der Waals surface area contributed by atoms with Crippen LogP contribution in [0.15, 0.2) is 36.5 Å². The maximum atomic E-state index is 11.9. The van der Waals surface area contributed by atoms with Gasteiger partial charge in [-0.3, -0.25) is 9.59 Å². The smallest absolute Gasteiger partial charge is 0.302 e. The first-order valence-corrected chi connectivity index (χ1v) is 10.1. The van der Waals surface area contributed by atoms with Crippen LogP contribution in [0.25, 0.3) is 0 Å². The average Bonchev–Trinajstić information content (AvgIpc) is 2.99. The molecule has 0 aromatic heterocycles. The summed E-state index contributed by atoms with van der Waals surface area (Å²) in [5.74, 6) is 2.23. The number of carbonyl (C=O) groups is 2. The van der Waals surface area contributed by atoms with E-state index in [4.69, 9.17) is 4.74 Å². The summed E-state index contributed by atoms with van der Waals surface area (Å²) in [5.41, 5.74) is 1.42. The van der Waals surface area contributed by atoms with E-state index in [1.807, 2.05) is 6.08 Å². The topological polar surface area (TPSA) is 43.4 Å². The monoisotopic (exact) mass is 354 g/mol. The standard InChI is InChI=1S/C23H30O3/c1-4-16-6-8-21-19-7-5-17-13-18(25)9-11-22(17,3)20(19)10-12-23(16,21)14-26-15(2)24/h4,9,11,13,16,19-21H,1,5-8,10,12,14H2,2-3H3. The summed E-state index contributed by atoms with van der Waals surface area (Å²) >= 11 is 0. The van der Waals surface area contributed by atoms with E-state index in [9.17, 15) is 9.59 Å². The maximum absolute atomic E-state index is 11.9. The Morgan fingerprint density at radius 3 is 2.85 bits per heavy atom. The molecular weight excluding hydrogens is 324 g/mol. The van der Waals surface area contributed by atoms with Gasteiger partial charge < -0.3 is 4.74 Å². The van der Waals surface area contributed by atoms with Gasteiger partial charge in [-0.25, -0.2) is 0 Å². The van der Waals surface area contributed by atoms with Gasteiger partial charge in [-0.15, -0.1) is 6.58 Å². The molecule has 3 fully saturated rings. The largest absolute Gasteiger partial charge is 0.465 e. The number of hydrogen-bond acceptors (Lipinski definition) is 3. The van der Waals surface area contributed by atoms with E-state index in [0.717, 1.165) is 32.1 Å². The summed E-state index contributed by atoms with van der Waals surface area (Å²) in [6, 6.07) is 0. The van der Waals surface area contributed by atoms with Crippen molar-refractivity contribution in [2.45, 2.75) is 52.4 Å². The van der Waals surface area contributed by atoms with Crippen molar-refractivity contribution in [3.63, 3.8) is 0 Å². The third-order valence-corrected chi connectivity index (χ3v) is 8.17. The summed E-state index contributed by atoms with van der Waals surface area (Å²) in [6.45, 7) is 8.48. The molecule has 0 radical (unpaired) electrons. The molecule has 0 aliphatic heterocycles. The van der Waals surface area contributed by atoms with E-state index in [1.54, 1.807) is 6.08 Å². The van der Waals surface area contributed by atoms with Gasteiger partial charge in [0, 0.05) is 17.8 Å². The molecule has 0 heterocycles. The lowest BCUT2D eigenvalue weighted by Gasteiger charge is -2.57. The first kappa shape index (κ1) is 17.8. The molecule has 4 aliphatic rings. The number of carbonyl (C=O) groups excluding carboxylic acids is 2. The fraction of sp³-hybridized carbons (Fsp3) is 0.652. The molecule has 6 unspecified atom stereocenters. The van der Waals surface area contributed by atoms with Crippen LogP contribution in [0.3, 0.4) is 0 Å². The van der Waals surface area contributed by atoms with Gasteiger partial charge in [0.1, 0.15) is 0 Å². The Labute approximate surface area is 156 Å². The Kier molecular flexibility index (Phi) is 4.24. The molecule has 3 saturated carbocycles. The van der Waals surface area contributed by atoms with Crippen LogP contribution in [0.5, 0.6) is 0 Å². The van der Waals surface area contributed by atoms with Gasteiger partial charge in [0.25, 0.3) is 0 Å². The van der Waals surface area contributed by atoms with Crippen LogP contribution in [-0.2, 0) is 14.3 Å². The highest BCUT2D eigenvalue weighted by molar-refractivity contribution is 6.01. The Bertz CT molecular complexity index is 702. The molecule has 3 heteroatoms. The van der Waals surface area contributed by atoms with Crippen molar-refractivity contribution < 1.29 is 14.3 Å². The fourth-order valence-corrected chi connectivity index (χ4v) is 6.92. The van der Waals surface area contributed by atoms with Gasteiger partial charge in [-0.2, -0.15) is 0 Å². The van der Waals surface area contributed by atoms with Crippen molar-refractivity contribution in [3.8, 4) is 0 Å². The molecule has 0 bridgehead atoms. The number of ether oxygens (including phenoxy) is 1. The quantitative estimate of drug-likeness (QED) is 0.548. The van der Waals surface area contributed by atoms with Crippen LogP contribution in [0.1, 0.15) is 52.4 Å². The maximum Gasteiger partial charge on any atom is 0.302 e. The highest BCUT2D eigenvalue weighted by atomic mass is 16.5. The van der Waals surface area contributed by atoms with Gasteiger partial charge in [0.2, 0.25) is 0 Å². The minimum atomic E-state index is -0.176. The Morgan fingerprint density at radius 2 is 2.12 bits per heavy atom. The number of ketones is 1. The van der Waals surface area contributed by atoms with Crippen LogP contribution in [0.2, 0.25) is 0 Å². The second kappa shape index (κ2) is 6.21. The molecule has 0 aromatic rings. The van der Waals surface area contributed by atoms with Crippen molar-refractivity contribution in [3.05, 3.63) is 36.5 Å². The van der Waals surface area contributed by atoms with Crippen molar-refractivity contribution in [2.24, 2.45) is 34.5 Å². The van der Waals surface area contributed by atoms with E-state index in [0.29, 0.717) is 30.3 Å². The molecular formula is C23H30O3. The van der Waals surface area contributed by atoms with Crippen LogP contribution < -0.4 is 0 Å². The predicted molar refractivity (Wildman–Crippen MR) is 101 cm³/mol. The molecule has 0 amide bonds. The SMILES string of the molecule is C=CC1CCC2C3CCC4=CC(=O)C=CC4(C)C3CCC12COC(C)=O. The van der Waals surface area contributed by atoms with Crippen LogP contribution in [0, 0.1) is 34.5 Å². The number of hydrogen-bond donors (Lipinski definition) is 0. The van der Waals surface area contributed by atoms with Gasteiger partial charge in [0.15, 0.2) is 5.78 Å². The molecule has 0 N–H and O–H groups in total. The lowest BCUT2D eigenvalue weighted by atomic mass is 9.47. The van der Waals surface area contributed by atoms with Gasteiger partial charge in [-0.1, -0.05) is 24.6 Å². The third-order valence-electron chi connectivity index (χ3n) is 8.17. The summed E-state index contributed by atoms with van der Waals surface area (Å²) in [6.07, 6.45) is 14.7. The number of fused-ring (bicyclic) bond motifs is 5. The molecule has 140 valence electrons. The first-order valence-electron chi connectivity index (χ1n) is 10.1.